The molecule has 1 atom stereocenters. The van der Waals surface area contributed by atoms with Crippen molar-refractivity contribution in [3.63, 3.8) is 0 Å². The highest BCUT2D eigenvalue weighted by Crippen LogP contribution is 2.34. The van der Waals surface area contributed by atoms with Crippen LogP contribution in [0.3, 0.4) is 0 Å². The highest BCUT2D eigenvalue weighted by atomic mass is 35.5. The van der Waals surface area contributed by atoms with Gasteiger partial charge in [-0.15, -0.1) is 0 Å². The molecule has 2 aromatic rings. The third kappa shape index (κ3) is 7.72. The number of hydrogen-bond donors (Lipinski definition) is 3. The highest BCUT2D eigenvalue weighted by molar-refractivity contribution is 6.33. The smallest absolute Gasteiger partial charge is 0.416 e. The summed E-state index contributed by atoms with van der Waals surface area (Å²) >= 11 is 5.90. The molecule has 0 spiro atoms. The monoisotopic (exact) mass is 511 g/mol. The van der Waals surface area contributed by atoms with Gasteiger partial charge in [0.1, 0.15) is 11.8 Å². The number of hydrazine groups is 1. The quantitative estimate of drug-likeness (QED) is 0.359. The van der Waals surface area contributed by atoms with Gasteiger partial charge >= 0.3 is 12.4 Å². The molecule has 6 nitrogen and oxygen atoms in total. The van der Waals surface area contributed by atoms with Crippen LogP contribution in [-0.2, 0) is 21.9 Å². The minimum absolute atomic E-state index is 0.0720. The fourth-order valence-corrected chi connectivity index (χ4v) is 2.90. The number of carbonyl (C=O) groups excluding carboxylic acids is 2. The molecule has 0 radical (unpaired) electrons. The summed E-state index contributed by atoms with van der Waals surface area (Å²) in [5.41, 5.74) is 2.34. The van der Waals surface area contributed by atoms with E-state index in [2.05, 4.69) is 16.2 Å². The molecule has 1 unspecified atom stereocenters. The topological polar surface area (TPSA) is 79.5 Å². The van der Waals surface area contributed by atoms with Gasteiger partial charge in [0.2, 0.25) is 0 Å². The number of halogens is 7. The van der Waals surface area contributed by atoms with Gasteiger partial charge in [-0.25, -0.2) is 0 Å². The zero-order valence-electron chi connectivity index (χ0n) is 17.8. The number of ether oxygens (including phenoxy) is 1. The van der Waals surface area contributed by atoms with Crippen LogP contribution in [0.2, 0.25) is 5.02 Å². The van der Waals surface area contributed by atoms with Gasteiger partial charge in [0.25, 0.3) is 11.8 Å². The summed E-state index contributed by atoms with van der Waals surface area (Å²) in [7, 11) is 0. The molecule has 0 saturated carbocycles. The standard InChI is InChI=1S/C21H20ClF6N3O3/c1-11(2)18(29-16-7-6-13(9-15(16)22)21(26,27)28)19(33)31-30-17(32)10-34-14-5-3-4-12(8-14)20(23,24)25/h3-9,11,18,29H,10H2,1-2H3,(H,30,32)(H,31,33). The lowest BCUT2D eigenvalue weighted by molar-refractivity contribution is -0.138. The van der Waals surface area contributed by atoms with Crippen LogP contribution >= 0.6 is 11.6 Å². The molecule has 0 aromatic heterocycles. The summed E-state index contributed by atoms with van der Waals surface area (Å²) in [6.07, 6.45) is -9.16. The molecule has 0 heterocycles. The molecule has 0 fully saturated rings. The number of nitrogens with one attached hydrogen (secondary N) is 3. The molecule has 186 valence electrons. The van der Waals surface area contributed by atoms with Gasteiger partial charge in [-0.3, -0.25) is 20.4 Å². The van der Waals surface area contributed by atoms with E-state index in [1.54, 1.807) is 13.8 Å². The number of amides is 2. The lowest BCUT2D eigenvalue weighted by Crippen LogP contribution is -2.51. The van der Waals surface area contributed by atoms with Crippen molar-refractivity contribution in [3.8, 4) is 5.75 Å². The average molecular weight is 512 g/mol. The largest absolute Gasteiger partial charge is 0.484 e. The van der Waals surface area contributed by atoms with Crippen molar-refractivity contribution in [3.05, 3.63) is 58.6 Å². The Labute approximate surface area is 195 Å². The average Bonchev–Trinajstić information content (AvgIpc) is 2.73. The Morgan fingerprint density at radius 3 is 2.12 bits per heavy atom. The molecule has 2 amide bonds. The fourth-order valence-electron chi connectivity index (χ4n) is 2.67. The first-order chi connectivity index (χ1) is 15.7. The van der Waals surface area contributed by atoms with Crippen LogP contribution in [0.25, 0.3) is 0 Å². The third-order valence-corrected chi connectivity index (χ3v) is 4.73. The Kier molecular flexibility index (Phi) is 8.65. The van der Waals surface area contributed by atoms with Gasteiger partial charge in [-0.1, -0.05) is 31.5 Å². The SMILES string of the molecule is CC(C)C(Nc1ccc(C(F)(F)F)cc1Cl)C(=O)NNC(=O)COc1cccc(C(F)(F)F)c1. The van der Waals surface area contributed by atoms with Crippen molar-refractivity contribution in [2.24, 2.45) is 5.92 Å². The second-order valence-corrected chi connectivity index (χ2v) is 7.82. The van der Waals surface area contributed by atoms with Gasteiger partial charge in [-0.05, 0) is 42.3 Å². The van der Waals surface area contributed by atoms with Gasteiger partial charge in [0.15, 0.2) is 6.61 Å². The number of carbonyl (C=O) groups is 2. The molecule has 2 aromatic carbocycles. The minimum Gasteiger partial charge on any atom is -0.484 e. The predicted octanol–water partition coefficient (Wildman–Crippen LogP) is 5.04. The lowest BCUT2D eigenvalue weighted by Gasteiger charge is -2.23. The van der Waals surface area contributed by atoms with E-state index in [1.165, 1.54) is 6.07 Å². The summed E-state index contributed by atoms with van der Waals surface area (Å²) in [6, 6.07) is 5.50. The molecular weight excluding hydrogens is 492 g/mol. The maximum atomic E-state index is 12.8. The summed E-state index contributed by atoms with van der Waals surface area (Å²) < 4.78 is 81.6. The van der Waals surface area contributed by atoms with Crippen molar-refractivity contribution in [2.75, 3.05) is 11.9 Å². The van der Waals surface area contributed by atoms with E-state index >= 15 is 0 Å². The van der Waals surface area contributed by atoms with Gasteiger partial charge in [0.05, 0.1) is 21.8 Å². The molecule has 0 aliphatic heterocycles. The third-order valence-electron chi connectivity index (χ3n) is 4.41. The molecule has 0 saturated heterocycles. The Bertz CT molecular complexity index is 1030. The van der Waals surface area contributed by atoms with Crippen molar-refractivity contribution in [2.45, 2.75) is 32.2 Å². The summed E-state index contributed by atoms with van der Waals surface area (Å²) in [6.45, 7) is 2.60. The van der Waals surface area contributed by atoms with E-state index in [4.69, 9.17) is 16.3 Å². The van der Waals surface area contributed by atoms with E-state index in [1.807, 2.05) is 0 Å². The number of alkyl halides is 6. The highest BCUT2D eigenvalue weighted by Gasteiger charge is 2.32. The first-order valence-electron chi connectivity index (χ1n) is 9.70. The van der Waals surface area contributed by atoms with Crippen molar-refractivity contribution in [1.29, 1.82) is 0 Å². The van der Waals surface area contributed by atoms with Crippen molar-refractivity contribution in [1.82, 2.24) is 10.9 Å². The molecule has 0 aliphatic rings. The summed E-state index contributed by atoms with van der Waals surface area (Å²) in [4.78, 5) is 24.4. The van der Waals surface area contributed by atoms with Crippen LogP contribution in [0.15, 0.2) is 42.5 Å². The number of anilines is 1. The molecule has 0 aliphatic carbocycles. The number of benzene rings is 2. The Morgan fingerprint density at radius 2 is 1.56 bits per heavy atom. The first-order valence-corrected chi connectivity index (χ1v) is 10.1. The molecule has 0 bridgehead atoms. The normalized spacial score (nSPS) is 12.8. The zero-order chi connectivity index (χ0) is 25.7. The first kappa shape index (κ1) is 27.1. The molecule has 13 heteroatoms. The van der Waals surface area contributed by atoms with Crippen molar-refractivity contribution >= 4 is 29.1 Å². The van der Waals surface area contributed by atoms with E-state index in [0.29, 0.717) is 6.07 Å². The van der Waals surface area contributed by atoms with E-state index in [9.17, 15) is 35.9 Å². The van der Waals surface area contributed by atoms with Gasteiger partial charge in [0, 0.05) is 0 Å². The summed E-state index contributed by atoms with van der Waals surface area (Å²) in [5, 5.41) is 2.47. The Balaban J connectivity index is 1.94. The van der Waals surface area contributed by atoms with Gasteiger partial charge in [-0.2, -0.15) is 26.3 Å². The van der Waals surface area contributed by atoms with Crippen LogP contribution < -0.4 is 20.9 Å². The lowest BCUT2D eigenvalue weighted by atomic mass is 10.0. The van der Waals surface area contributed by atoms with Crippen LogP contribution in [0.1, 0.15) is 25.0 Å². The van der Waals surface area contributed by atoms with Crippen LogP contribution in [0.4, 0.5) is 32.0 Å². The minimum atomic E-state index is -4.59. The molecular formula is C21H20ClF6N3O3. The van der Waals surface area contributed by atoms with Crippen LogP contribution in [0.5, 0.6) is 5.75 Å². The summed E-state index contributed by atoms with van der Waals surface area (Å²) in [5.74, 6) is -2.18. The fraction of sp³-hybridized carbons (Fsp3) is 0.333. The molecule has 2 rings (SSSR count). The van der Waals surface area contributed by atoms with E-state index in [-0.39, 0.29) is 22.4 Å². The van der Waals surface area contributed by atoms with Crippen molar-refractivity contribution < 1.29 is 40.7 Å². The zero-order valence-corrected chi connectivity index (χ0v) is 18.5. The Morgan fingerprint density at radius 1 is 0.941 bits per heavy atom. The van der Waals surface area contributed by atoms with Crippen LogP contribution in [-0.4, -0.2) is 24.5 Å². The van der Waals surface area contributed by atoms with E-state index in [0.717, 1.165) is 30.3 Å². The van der Waals surface area contributed by atoms with Gasteiger partial charge < -0.3 is 10.1 Å². The maximum absolute atomic E-state index is 12.8. The second-order valence-electron chi connectivity index (χ2n) is 7.41. The molecule has 3 N–H and O–H groups in total. The number of hydrogen-bond acceptors (Lipinski definition) is 4. The Hall–Kier alpha value is -3.15. The van der Waals surface area contributed by atoms with E-state index < -0.39 is 47.9 Å². The number of rotatable bonds is 7. The van der Waals surface area contributed by atoms with Crippen LogP contribution in [0, 0.1) is 5.92 Å². The second kappa shape index (κ2) is 10.9. The predicted molar refractivity (Wildman–Crippen MR) is 112 cm³/mol. The maximum Gasteiger partial charge on any atom is 0.416 e. The molecule has 34 heavy (non-hydrogen) atoms.